The van der Waals surface area contributed by atoms with Crippen LogP contribution in [0.4, 0.5) is 69.4 Å². The summed E-state index contributed by atoms with van der Waals surface area (Å²) in [4.78, 5) is 104. The molecular weight excluding hydrogens is 1590 g/mol. The molecule has 1 aliphatic carbocycles. The van der Waals surface area contributed by atoms with Crippen LogP contribution in [0, 0.1) is 61.0 Å². The Morgan fingerprint density at radius 3 is 1.30 bits per heavy atom. The van der Waals surface area contributed by atoms with Crippen LogP contribution in [0.15, 0.2) is 100 Å². The van der Waals surface area contributed by atoms with E-state index in [1.165, 1.54) is 12.8 Å². The topological polar surface area (TPSA) is 354 Å². The number of rotatable bonds is 23. The quantitative estimate of drug-likeness (QED) is 0.0163. The van der Waals surface area contributed by atoms with Crippen molar-refractivity contribution in [1.82, 2.24) is 70.9 Å². The second kappa shape index (κ2) is 41.4. The summed E-state index contributed by atoms with van der Waals surface area (Å²) in [6, 6.07) is 22.5. The van der Waals surface area contributed by atoms with Gasteiger partial charge in [-0.1, -0.05) is 84.6 Å². The van der Waals surface area contributed by atoms with Crippen LogP contribution in [0.1, 0.15) is 162 Å². The standard InChI is InChI=1S/C25H37N7O4.C21H27N5O.C19H24BrN5O2.C18H22BrN5O/c1-16-8-9-17(23(33)26-5)14-19(16)27-21-20(32(34)35)22(31(7)15-25(2,3)4)29-24(28-21)36-18-10-12-30(6)13-11-18;1-8-15-12-23-20(25-18(15)26(7)13-21(3,4)5)24-17-11-16(19(27)22-6)10-9-14(17)2;1-12-4-5-13(18(26)21-2)10-16(12)23-17-15(20)11-22-19(24-17)27-14-6-8-25(3)9-7-14;1-11-7-8-12(17(25)20-2)9-15(11)23-16-14(19)10-21-18(24-16)22-13-5-3-4-6-13/h8-9,14,18H,10-13,15H2,1-7H3,(H,26,33)(H,27,28,29);1,9-12H,13H2,2-7H3,(H,22,27)(H,23,24,25);4-5,10-11,14H,6-9H2,1-3H3,(H,21,26)(H,22,23,24);7-10,13H,3-6H2,1-2H3,(H,20,25)(H2,21,22,23,24). The largest absolute Gasteiger partial charge is 0.460 e. The molecule has 11 rings (SSSR count). The van der Waals surface area contributed by atoms with Crippen LogP contribution in [0.5, 0.6) is 12.0 Å². The highest BCUT2D eigenvalue weighted by atomic mass is 79.9. The average Bonchev–Trinajstić information content (AvgIpc) is 0.932. The fraction of sp³-hybridized carbons (Fsp3) is 0.446. The van der Waals surface area contributed by atoms with Crippen molar-refractivity contribution in [1.29, 1.82) is 0 Å². The fourth-order valence-corrected chi connectivity index (χ4v) is 13.4. The molecule has 4 amide bonds. The Morgan fingerprint density at radius 1 is 0.522 bits per heavy atom. The van der Waals surface area contributed by atoms with Gasteiger partial charge in [-0.2, -0.15) is 24.9 Å². The summed E-state index contributed by atoms with van der Waals surface area (Å²) in [6.07, 6.45) is 19.1. The average molecular weight is 1700 g/mol. The third-order valence-corrected chi connectivity index (χ3v) is 20.2. The van der Waals surface area contributed by atoms with E-state index in [9.17, 15) is 29.3 Å². The first-order valence-electron chi connectivity index (χ1n) is 38.3. The monoisotopic (exact) mass is 1700 g/mol. The Kier molecular flexibility index (Phi) is 32.3. The Bertz CT molecular complexity index is 4760. The van der Waals surface area contributed by atoms with Crippen LogP contribution in [-0.2, 0) is 0 Å². The molecule has 4 aromatic heterocycles. The number of terminal acetylenes is 1. The minimum atomic E-state index is -0.478. The highest BCUT2D eigenvalue weighted by molar-refractivity contribution is 9.11. The van der Waals surface area contributed by atoms with Gasteiger partial charge in [0.1, 0.15) is 23.8 Å². The van der Waals surface area contributed by atoms with E-state index in [1.54, 1.807) is 107 Å². The summed E-state index contributed by atoms with van der Waals surface area (Å²) in [5, 5.41) is 39.1. The summed E-state index contributed by atoms with van der Waals surface area (Å²) >= 11 is 6.97. The lowest BCUT2D eigenvalue weighted by Crippen LogP contribution is -2.36. The molecule has 3 fully saturated rings. The van der Waals surface area contributed by atoms with Gasteiger partial charge in [-0.15, -0.1) is 6.42 Å². The molecule has 115 heavy (non-hydrogen) atoms. The van der Waals surface area contributed by atoms with E-state index >= 15 is 0 Å². The van der Waals surface area contributed by atoms with Crippen LogP contribution in [-0.4, -0.2) is 192 Å². The summed E-state index contributed by atoms with van der Waals surface area (Å²) in [7, 11) is 14.3. The number of nitrogens with zero attached hydrogens (tertiary/aromatic N) is 13. The molecule has 0 bridgehead atoms. The van der Waals surface area contributed by atoms with Gasteiger partial charge in [0.2, 0.25) is 23.5 Å². The Morgan fingerprint density at radius 2 is 0.896 bits per heavy atom. The number of piperidine rings is 2. The SMILES string of the molecule is C#Cc1cnc(Nc2cc(C(=O)NC)ccc2C)nc1N(C)CC(C)(C)C.CNC(=O)c1ccc(C)c(Nc2nc(NC3CCCC3)ncc2Br)c1.CNC(=O)c1ccc(C)c(Nc2nc(OC3CCN(C)CC3)nc(N(C)CC(C)(C)C)c2[N+](=O)[O-])c1.CNC(=O)c1ccc(C)c(Nc2nc(OC3CCN(C)CC3)ncc2Br)c1. The predicted octanol–water partition coefficient (Wildman–Crippen LogP) is 14.2. The Hall–Kier alpha value is -10.9. The van der Waals surface area contributed by atoms with E-state index < -0.39 is 4.92 Å². The first kappa shape index (κ1) is 89.7. The lowest BCUT2D eigenvalue weighted by Gasteiger charge is -2.30. The van der Waals surface area contributed by atoms with Crippen molar-refractivity contribution in [2.45, 2.75) is 139 Å². The second-order valence-corrected chi connectivity index (χ2v) is 32.9. The van der Waals surface area contributed by atoms with Crippen LogP contribution < -0.4 is 67.1 Å². The predicted molar refractivity (Wildman–Crippen MR) is 463 cm³/mol. The summed E-state index contributed by atoms with van der Waals surface area (Å²) < 4.78 is 13.6. The third kappa shape index (κ3) is 26.6. The number of carbonyl (C=O) groups is 4. The fourth-order valence-electron chi connectivity index (χ4n) is 12.8. The maximum Gasteiger partial charge on any atom is 0.354 e. The molecular formula is C83H110Br2N22O8. The number of nitrogens with one attached hydrogen (secondary N) is 9. The van der Waals surface area contributed by atoms with Gasteiger partial charge >= 0.3 is 17.7 Å². The molecule has 0 atom stereocenters. The molecule has 2 aliphatic heterocycles. The minimum absolute atomic E-state index is 0.0193. The lowest BCUT2D eigenvalue weighted by atomic mass is 9.96. The molecule has 614 valence electrons. The number of nitro groups is 1. The van der Waals surface area contributed by atoms with Crippen molar-refractivity contribution >= 4 is 125 Å². The van der Waals surface area contributed by atoms with Crippen molar-refractivity contribution in [2.24, 2.45) is 10.8 Å². The zero-order valence-electron chi connectivity index (χ0n) is 69.2. The molecule has 32 heteroatoms. The van der Waals surface area contributed by atoms with E-state index in [4.69, 9.17) is 15.9 Å². The smallest absolute Gasteiger partial charge is 0.354 e. The van der Waals surface area contributed by atoms with Gasteiger partial charge in [0.25, 0.3) is 23.6 Å². The molecule has 30 nitrogen and oxygen atoms in total. The number of halogens is 2. The number of benzene rings is 4. The number of anilines is 11. The van der Waals surface area contributed by atoms with E-state index in [1.807, 2.05) is 63.9 Å². The summed E-state index contributed by atoms with van der Waals surface area (Å²) in [6.45, 7) is 25.6. The zero-order valence-corrected chi connectivity index (χ0v) is 72.4. The Labute approximate surface area is 692 Å². The van der Waals surface area contributed by atoms with Crippen molar-refractivity contribution in [3.63, 3.8) is 0 Å². The zero-order chi connectivity index (χ0) is 84.0. The number of hydrogen-bond donors (Lipinski definition) is 9. The van der Waals surface area contributed by atoms with Gasteiger partial charge in [-0.3, -0.25) is 29.3 Å². The van der Waals surface area contributed by atoms with Crippen LogP contribution in [0.3, 0.4) is 0 Å². The Balaban J connectivity index is 0.000000194. The molecule has 6 heterocycles. The van der Waals surface area contributed by atoms with E-state index in [0.717, 1.165) is 120 Å². The first-order valence-corrected chi connectivity index (χ1v) is 39.9. The van der Waals surface area contributed by atoms with Gasteiger partial charge in [-0.25, -0.2) is 15.0 Å². The molecule has 1 saturated carbocycles. The lowest BCUT2D eigenvalue weighted by molar-refractivity contribution is -0.383. The molecule has 8 aromatic rings. The van der Waals surface area contributed by atoms with Gasteiger partial charge in [0.15, 0.2) is 5.82 Å². The van der Waals surface area contributed by atoms with Gasteiger partial charge in [0.05, 0.1) is 31.8 Å². The summed E-state index contributed by atoms with van der Waals surface area (Å²) in [5.41, 5.74) is 9.31. The van der Waals surface area contributed by atoms with E-state index in [-0.39, 0.29) is 70.0 Å². The van der Waals surface area contributed by atoms with Gasteiger partial charge < -0.3 is 76.9 Å². The summed E-state index contributed by atoms with van der Waals surface area (Å²) in [5.74, 6) is 5.22. The van der Waals surface area contributed by atoms with Crippen molar-refractivity contribution in [3.8, 4) is 24.4 Å². The molecule has 3 aliphatic rings. The second-order valence-electron chi connectivity index (χ2n) is 31.2. The molecule has 0 radical (unpaired) electrons. The number of carbonyl (C=O) groups excluding carboxylic acids is 4. The molecule has 2 saturated heterocycles. The highest BCUT2D eigenvalue weighted by Crippen LogP contribution is 2.39. The van der Waals surface area contributed by atoms with Crippen molar-refractivity contribution < 1.29 is 33.6 Å². The maximum absolute atomic E-state index is 12.3. The van der Waals surface area contributed by atoms with Gasteiger partial charge in [0, 0.05) is 139 Å². The number of aromatic nitrogens is 8. The van der Waals surface area contributed by atoms with Crippen LogP contribution in [0.2, 0.25) is 0 Å². The van der Waals surface area contributed by atoms with Crippen LogP contribution >= 0.6 is 31.9 Å². The number of hydrogen-bond acceptors (Lipinski definition) is 25. The normalized spacial score (nSPS) is 13.9. The number of amides is 4. The van der Waals surface area contributed by atoms with E-state index in [2.05, 4.69) is 191 Å². The molecule has 9 N–H and O–H groups in total. The molecule has 0 spiro atoms. The number of aryl methyl sites for hydroxylation is 4. The molecule has 4 aromatic carbocycles. The van der Waals surface area contributed by atoms with E-state index in [0.29, 0.717) is 81.5 Å². The van der Waals surface area contributed by atoms with Gasteiger partial charge in [-0.05, 0) is 194 Å². The maximum atomic E-state index is 12.3. The third-order valence-electron chi connectivity index (χ3n) is 19.0. The number of likely N-dealkylation sites (tertiary alicyclic amines) is 2. The van der Waals surface area contributed by atoms with Crippen molar-refractivity contribution in [2.75, 3.05) is 132 Å². The van der Waals surface area contributed by atoms with Crippen molar-refractivity contribution in [3.05, 3.63) is 161 Å². The first-order chi connectivity index (χ1) is 54.5. The number of ether oxygens (including phenoxy) is 2. The minimum Gasteiger partial charge on any atom is -0.460 e. The molecule has 0 unspecified atom stereocenters. The van der Waals surface area contributed by atoms with Crippen LogP contribution in [0.25, 0.3) is 0 Å². The highest BCUT2D eigenvalue weighted by Gasteiger charge is 2.32.